The lowest BCUT2D eigenvalue weighted by Gasteiger charge is -2.46. The molecule has 19 heavy (non-hydrogen) atoms. The fourth-order valence-electron chi connectivity index (χ4n) is 2.59. The van der Waals surface area contributed by atoms with E-state index in [0.717, 1.165) is 25.3 Å². The fourth-order valence-corrected chi connectivity index (χ4v) is 2.59. The molecule has 1 aliphatic rings. The lowest BCUT2D eigenvalue weighted by Crippen LogP contribution is -2.57. The molecule has 0 amide bonds. The van der Waals surface area contributed by atoms with Crippen molar-refractivity contribution in [1.82, 2.24) is 4.90 Å². The van der Waals surface area contributed by atoms with Gasteiger partial charge in [0, 0.05) is 36.4 Å². The molecule has 3 nitrogen and oxygen atoms in total. The SMILES string of the molecule is CC(O)c1cc(F)ccc1N1CCN(C)C(C)(C)C1. The molecule has 1 saturated heterocycles. The molecule has 0 saturated carbocycles. The Kier molecular flexibility index (Phi) is 3.83. The van der Waals surface area contributed by atoms with Crippen molar-refractivity contribution in [2.24, 2.45) is 0 Å². The molecule has 106 valence electrons. The van der Waals surface area contributed by atoms with E-state index in [9.17, 15) is 9.50 Å². The zero-order valence-corrected chi connectivity index (χ0v) is 12.2. The van der Waals surface area contributed by atoms with E-state index in [0.29, 0.717) is 5.56 Å². The Morgan fingerprint density at radius 3 is 2.58 bits per heavy atom. The molecule has 1 unspecified atom stereocenters. The topological polar surface area (TPSA) is 26.7 Å². The average Bonchev–Trinajstić information content (AvgIpc) is 2.32. The van der Waals surface area contributed by atoms with E-state index in [-0.39, 0.29) is 11.4 Å². The van der Waals surface area contributed by atoms with Crippen molar-refractivity contribution in [2.75, 3.05) is 31.6 Å². The highest BCUT2D eigenvalue weighted by Gasteiger charge is 2.32. The van der Waals surface area contributed by atoms with Crippen LogP contribution in [0.3, 0.4) is 0 Å². The summed E-state index contributed by atoms with van der Waals surface area (Å²) in [7, 11) is 2.12. The van der Waals surface area contributed by atoms with Gasteiger partial charge in [-0.05, 0) is 46.0 Å². The van der Waals surface area contributed by atoms with E-state index in [1.54, 1.807) is 13.0 Å². The summed E-state index contributed by atoms with van der Waals surface area (Å²) in [6.45, 7) is 8.80. The van der Waals surface area contributed by atoms with Gasteiger partial charge in [0.05, 0.1) is 6.10 Å². The van der Waals surface area contributed by atoms with Crippen LogP contribution in [-0.4, -0.2) is 42.2 Å². The van der Waals surface area contributed by atoms with E-state index in [1.165, 1.54) is 12.1 Å². The Balaban J connectivity index is 2.32. The van der Waals surface area contributed by atoms with Gasteiger partial charge in [-0.25, -0.2) is 4.39 Å². The maximum Gasteiger partial charge on any atom is 0.123 e. The molecule has 1 atom stereocenters. The van der Waals surface area contributed by atoms with Gasteiger partial charge in [-0.15, -0.1) is 0 Å². The van der Waals surface area contributed by atoms with E-state index >= 15 is 0 Å². The van der Waals surface area contributed by atoms with Crippen LogP contribution in [0.5, 0.6) is 0 Å². The van der Waals surface area contributed by atoms with E-state index < -0.39 is 6.10 Å². The van der Waals surface area contributed by atoms with Crippen molar-refractivity contribution in [1.29, 1.82) is 0 Å². The summed E-state index contributed by atoms with van der Waals surface area (Å²) in [5.41, 5.74) is 1.68. The third-order valence-electron chi connectivity index (χ3n) is 4.10. The van der Waals surface area contributed by atoms with Crippen LogP contribution in [0, 0.1) is 5.82 Å². The van der Waals surface area contributed by atoms with Crippen LogP contribution in [0.25, 0.3) is 0 Å². The summed E-state index contributed by atoms with van der Waals surface area (Å²) >= 11 is 0. The molecular weight excluding hydrogens is 243 g/mol. The van der Waals surface area contributed by atoms with Gasteiger partial charge < -0.3 is 10.0 Å². The second kappa shape index (κ2) is 5.10. The third kappa shape index (κ3) is 2.90. The van der Waals surface area contributed by atoms with Crippen molar-refractivity contribution in [3.63, 3.8) is 0 Å². The van der Waals surface area contributed by atoms with Crippen molar-refractivity contribution in [2.45, 2.75) is 32.4 Å². The van der Waals surface area contributed by atoms with Crippen molar-refractivity contribution < 1.29 is 9.50 Å². The van der Waals surface area contributed by atoms with E-state index in [4.69, 9.17) is 0 Å². The van der Waals surface area contributed by atoms with Gasteiger partial charge in [0.1, 0.15) is 5.82 Å². The number of halogens is 1. The largest absolute Gasteiger partial charge is 0.389 e. The number of hydrogen-bond acceptors (Lipinski definition) is 3. The van der Waals surface area contributed by atoms with Crippen LogP contribution in [0.2, 0.25) is 0 Å². The minimum atomic E-state index is -0.659. The summed E-state index contributed by atoms with van der Waals surface area (Å²) in [4.78, 5) is 4.57. The van der Waals surface area contributed by atoms with Crippen LogP contribution in [0.15, 0.2) is 18.2 Å². The maximum atomic E-state index is 13.4. The fraction of sp³-hybridized carbons (Fsp3) is 0.600. The summed E-state index contributed by atoms with van der Waals surface area (Å²) < 4.78 is 13.4. The summed E-state index contributed by atoms with van der Waals surface area (Å²) in [5.74, 6) is -0.298. The van der Waals surface area contributed by atoms with E-state index in [2.05, 4.69) is 30.7 Å². The molecule has 2 rings (SSSR count). The van der Waals surface area contributed by atoms with Crippen LogP contribution in [0.1, 0.15) is 32.4 Å². The summed E-state index contributed by atoms with van der Waals surface area (Å²) in [6.07, 6.45) is -0.659. The highest BCUT2D eigenvalue weighted by atomic mass is 19.1. The van der Waals surface area contributed by atoms with E-state index in [1.807, 2.05) is 0 Å². The predicted octanol–water partition coefficient (Wildman–Crippen LogP) is 2.41. The predicted molar refractivity (Wildman–Crippen MR) is 76.0 cm³/mol. The highest BCUT2D eigenvalue weighted by molar-refractivity contribution is 5.55. The van der Waals surface area contributed by atoms with Gasteiger partial charge in [-0.3, -0.25) is 4.90 Å². The number of piperazine rings is 1. The first-order valence-electron chi connectivity index (χ1n) is 6.75. The second-order valence-corrected chi connectivity index (χ2v) is 6.03. The Morgan fingerprint density at radius 1 is 1.32 bits per heavy atom. The molecule has 1 heterocycles. The number of hydrogen-bond donors (Lipinski definition) is 1. The quantitative estimate of drug-likeness (QED) is 0.890. The summed E-state index contributed by atoms with van der Waals surface area (Å²) in [5, 5.41) is 9.84. The zero-order chi connectivity index (χ0) is 14.2. The van der Waals surface area contributed by atoms with Gasteiger partial charge >= 0.3 is 0 Å². The number of benzene rings is 1. The number of aliphatic hydroxyl groups is 1. The second-order valence-electron chi connectivity index (χ2n) is 6.03. The van der Waals surface area contributed by atoms with Gasteiger partial charge in [-0.2, -0.15) is 0 Å². The third-order valence-corrected chi connectivity index (χ3v) is 4.10. The molecule has 0 radical (unpaired) electrons. The Morgan fingerprint density at radius 2 is 2.00 bits per heavy atom. The first kappa shape index (κ1) is 14.3. The first-order chi connectivity index (χ1) is 8.81. The molecular formula is C15H23FN2O. The number of nitrogens with zero attached hydrogens (tertiary/aromatic N) is 2. The van der Waals surface area contributed by atoms with Gasteiger partial charge in [0.2, 0.25) is 0 Å². The Bertz CT molecular complexity index is 459. The monoisotopic (exact) mass is 266 g/mol. The minimum Gasteiger partial charge on any atom is -0.389 e. The van der Waals surface area contributed by atoms with Crippen molar-refractivity contribution in [3.8, 4) is 0 Å². The van der Waals surface area contributed by atoms with Gasteiger partial charge in [0.15, 0.2) is 0 Å². The average molecular weight is 266 g/mol. The first-order valence-corrected chi connectivity index (χ1v) is 6.75. The molecule has 0 bridgehead atoms. The Labute approximate surface area is 114 Å². The Hall–Kier alpha value is -1.13. The zero-order valence-electron chi connectivity index (χ0n) is 12.2. The van der Waals surface area contributed by atoms with Crippen molar-refractivity contribution in [3.05, 3.63) is 29.6 Å². The molecule has 1 N–H and O–H groups in total. The molecule has 4 heteroatoms. The van der Waals surface area contributed by atoms with Gasteiger partial charge in [-0.1, -0.05) is 0 Å². The number of rotatable bonds is 2. The molecule has 1 aliphatic heterocycles. The van der Waals surface area contributed by atoms with Crippen LogP contribution in [0.4, 0.5) is 10.1 Å². The lowest BCUT2D eigenvalue weighted by atomic mass is 9.97. The summed E-state index contributed by atoms with van der Waals surface area (Å²) in [6, 6.07) is 4.68. The van der Waals surface area contributed by atoms with Gasteiger partial charge in [0.25, 0.3) is 0 Å². The number of likely N-dealkylation sites (N-methyl/N-ethyl adjacent to an activating group) is 1. The van der Waals surface area contributed by atoms with Crippen LogP contribution < -0.4 is 4.90 Å². The normalized spacial score (nSPS) is 21.5. The standard InChI is InChI=1S/C15H23FN2O/c1-11(19)13-9-12(16)5-6-14(13)18-8-7-17(4)15(2,3)10-18/h5-6,9,11,19H,7-8,10H2,1-4H3. The number of anilines is 1. The molecule has 1 aromatic rings. The molecule has 1 aromatic carbocycles. The minimum absolute atomic E-state index is 0.0720. The smallest absolute Gasteiger partial charge is 0.123 e. The lowest BCUT2D eigenvalue weighted by molar-refractivity contribution is 0.138. The molecule has 0 aromatic heterocycles. The molecule has 0 aliphatic carbocycles. The number of aliphatic hydroxyl groups excluding tert-OH is 1. The maximum absolute atomic E-state index is 13.4. The van der Waals surface area contributed by atoms with Crippen LogP contribution >= 0.6 is 0 Å². The molecule has 1 fully saturated rings. The van der Waals surface area contributed by atoms with Crippen molar-refractivity contribution >= 4 is 5.69 Å². The van der Waals surface area contributed by atoms with Crippen LogP contribution in [-0.2, 0) is 0 Å². The molecule has 0 spiro atoms. The highest BCUT2D eigenvalue weighted by Crippen LogP contribution is 2.31.